The molecule has 1 amide bonds. The lowest BCUT2D eigenvalue weighted by atomic mass is 9.85. The third-order valence-electron chi connectivity index (χ3n) is 2.88. The van der Waals surface area contributed by atoms with Gasteiger partial charge in [0.1, 0.15) is 12.0 Å². The third kappa shape index (κ3) is 2.10. The van der Waals surface area contributed by atoms with Gasteiger partial charge in [0.25, 0.3) is 5.56 Å². The van der Waals surface area contributed by atoms with E-state index in [1.165, 1.54) is 10.9 Å². The molecule has 86 valence electrons. The molecule has 1 aliphatic carbocycles. The van der Waals surface area contributed by atoms with Gasteiger partial charge < -0.3 is 5.32 Å². The Hall–Kier alpha value is -1.72. The number of aromatic nitrogens is 3. The van der Waals surface area contributed by atoms with E-state index in [0.717, 1.165) is 19.3 Å². The summed E-state index contributed by atoms with van der Waals surface area (Å²) >= 11 is 0. The second kappa shape index (κ2) is 4.42. The van der Waals surface area contributed by atoms with Gasteiger partial charge in [0.05, 0.1) is 6.54 Å². The topological polar surface area (TPSA) is 76.9 Å². The van der Waals surface area contributed by atoms with Gasteiger partial charge >= 0.3 is 0 Å². The minimum Gasteiger partial charge on any atom is -0.350 e. The summed E-state index contributed by atoms with van der Waals surface area (Å²) in [6.07, 6.45) is 4.36. The van der Waals surface area contributed by atoms with Crippen molar-refractivity contribution in [1.82, 2.24) is 20.1 Å². The molecule has 0 atom stereocenters. The van der Waals surface area contributed by atoms with Crippen LogP contribution in [0.15, 0.2) is 11.1 Å². The number of carbonyl (C=O) groups is 1. The van der Waals surface area contributed by atoms with Crippen molar-refractivity contribution in [1.29, 1.82) is 0 Å². The number of hydrogen-bond donors (Lipinski definition) is 1. The molecule has 0 spiro atoms. The van der Waals surface area contributed by atoms with Crippen molar-refractivity contribution in [2.45, 2.75) is 25.8 Å². The van der Waals surface area contributed by atoms with Crippen LogP contribution >= 0.6 is 0 Å². The molecule has 0 radical (unpaired) electrons. The Labute approximate surface area is 92.7 Å². The SMILES string of the molecule is Cn1cnnc(CNC(=O)C2CCC2)c1=O. The smallest absolute Gasteiger partial charge is 0.276 e. The summed E-state index contributed by atoms with van der Waals surface area (Å²) in [4.78, 5) is 23.1. The highest BCUT2D eigenvalue weighted by Crippen LogP contribution is 2.26. The van der Waals surface area contributed by atoms with Crippen molar-refractivity contribution in [3.8, 4) is 0 Å². The highest BCUT2D eigenvalue weighted by molar-refractivity contribution is 5.79. The Morgan fingerprint density at radius 1 is 1.62 bits per heavy atom. The highest BCUT2D eigenvalue weighted by atomic mass is 16.2. The number of nitrogens with zero attached hydrogens (tertiary/aromatic N) is 3. The summed E-state index contributed by atoms with van der Waals surface area (Å²) in [6.45, 7) is 0.163. The molecular weight excluding hydrogens is 208 g/mol. The van der Waals surface area contributed by atoms with E-state index in [4.69, 9.17) is 0 Å². The molecule has 16 heavy (non-hydrogen) atoms. The van der Waals surface area contributed by atoms with Crippen LogP contribution in [-0.2, 0) is 18.4 Å². The van der Waals surface area contributed by atoms with Crippen LogP contribution in [0.2, 0.25) is 0 Å². The lowest BCUT2D eigenvalue weighted by Gasteiger charge is -2.23. The molecule has 0 aromatic carbocycles. The maximum absolute atomic E-state index is 11.5. The predicted octanol–water partition coefficient (Wildman–Crippen LogP) is -0.408. The van der Waals surface area contributed by atoms with E-state index in [1.807, 2.05) is 0 Å². The zero-order chi connectivity index (χ0) is 11.5. The fourth-order valence-corrected chi connectivity index (χ4v) is 1.57. The summed E-state index contributed by atoms with van der Waals surface area (Å²) in [7, 11) is 1.61. The van der Waals surface area contributed by atoms with Gasteiger partial charge in [-0.15, -0.1) is 10.2 Å². The average Bonchev–Trinajstić information content (AvgIpc) is 2.18. The molecule has 0 bridgehead atoms. The summed E-state index contributed by atoms with van der Waals surface area (Å²) in [5, 5.41) is 10.1. The molecule has 6 heteroatoms. The van der Waals surface area contributed by atoms with Crippen LogP contribution in [0.4, 0.5) is 0 Å². The first-order valence-corrected chi connectivity index (χ1v) is 5.33. The molecular formula is C10H14N4O2. The summed E-state index contributed by atoms with van der Waals surface area (Å²) < 4.78 is 1.35. The first-order chi connectivity index (χ1) is 7.68. The Balaban J connectivity index is 1.96. The van der Waals surface area contributed by atoms with E-state index in [2.05, 4.69) is 15.5 Å². The van der Waals surface area contributed by atoms with Gasteiger partial charge in [-0.25, -0.2) is 0 Å². The van der Waals surface area contributed by atoms with Crippen molar-refractivity contribution in [2.24, 2.45) is 13.0 Å². The standard InChI is InChI=1S/C10H14N4O2/c1-14-6-12-13-8(10(14)16)5-11-9(15)7-3-2-4-7/h6-7H,2-5H2,1H3,(H,11,15). The second-order valence-corrected chi connectivity index (χ2v) is 4.04. The Kier molecular flexibility index (Phi) is 2.98. The van der Waals surface area contributed by atoms with Crippen LogP contribution in [0.3, 0.4) is 0 Å². The summed E-state index contributed by atoms with van der Waals surface area (Å²) in [5.41, 5.74) is 0.0570. The minimum absolute atomic E-state index is 0.0129. The van der Waals surface area contributed by atoms with E-state index in [-0.39, 0.29) is 29.6 Å². The van der Waals surface area contributed by atoms with E-state index in [1.54, 1.807) is 7.05 Å². The van der Waals surface area contributed by atoms with Crippen LogP contribution in [0.5, 0.6) is 0 Å². The molecule has 0 saturated heterocycles. The number of aryl methyl sites for hydroxylation is 1. The maximum Gasteiger partial charge on any atom is 0.276 e. The van der Waals surface area contributed by atoms with Gasteiger partial charge in [0, 0.05) is 13.0 Å². The molecule has 1 aromatic heterocycles. The fraction of sp³-hybridized carbons (Fsp3) is 0.600. The highest BCUT2D eigenvalue weighted by Gasteiger charge is 2.25. The summed E-state index contributed by atoms with van der Waals surface area (Å²) in [6, 6.07) is 0. The largest absolute Gasteiger partial charge is 0.350 e. The maximum atomic E-state index is 11.5. The van der Waals surface area contributed by atoms with Crippen LogP contribution in [0.1, 0.15) is 25.0 Å². The molecule has 1 aliphatic rings. The molecule has 0 aliphatic heterocycles. The van der Waals surface area contributed by atoms with Gasteiger partial charge in [-0.1, -0.05) is 6.42 Å². The van der Waals surface area contributed by atoms with Gasteiger partial charge in [-0.2, -0.15) is 0 Å². The van der Waals surface area contributed by atoms with E-state index < -0.39 is 0 Å². The summed E-state index contributed by atoms with van der Waals surface area (Å²) in [5.74, 6) is 0.138. The quantitative estimate of drug-likeness (QED) is 0.754. The Bertz CT molecular complexity index is 450. The van der Waals surface area contributed by atoms with Crippen molar-refractivity contribution in [3.05, 3.63) is 22.4 Å². The monoisotopic (exact) mass is 222 g/mol. The van der Waals surface area contributed by atoms with Crippen LogP contribution in [0.25, 0.3) is 0 Å². The predicted molar refractivity (Wildman–Crippen MR) is 56.5 cm³/mol. The van der Waals surface area contributed by atoms with Gasteiger partial charge in [-0.3, -0.25) is 14.2 Å². The van der Waals surface area contributed by atoms with Crippen LogP contribution in [-0.4, -0.2) is 20.7 Å². The third-order valence-corrected chi connectivity index (χ3v) is 2.88. The number of hydrogen-bond acceptors (Lipinski definition) is 4. The molecule has 1 heterocycles. The molecule has 6 nitrogen and oxygen atoms in total. The van der Waals surface area contributed by atoms with E-state index in [0.29, 0.717) is 0 Å². The minimum atomic E-state index is -0.219. The number of nitrogens with one attached hydrogen (secondary N) is 1. The first-order valence-electron chi connectivity index (χ1n) is 5.33. The Morgan fingerprint density at radius 3 is 3.00 bits per heavy atom. The van der Waals surface area contributed by atoms with Crippen molar-refractivity contribution >= 4 is 5.91 Å². The molecule has 1 N–H and O–H groups in total. The fourth-order valence-electron chi connectivity index (χ4n) is 1.57. The van der Waals surface area contributed by atoms with Crippen molar-refractivity contribution < 1.29 is 4.79 Å². The number of carbonyl (C=O) groups excluding carboxylic acids is 1. The van der Waals surface area contributed by atoms with Gasteiger partial charge in [-0.05, 0) is 12.8 Å². The first kappa shape index (κ1) is 10.8. The lowest BCUT2D eigenvalue weighted by molar-refractivity contribution is -0.127. The zero-order valence-corrected chi connectivity index (χ0v) is 9.14. The molecule has 1 aromatic rings. The second-order valence-electron chi connectivity index (χ2n) is 4.04. The van der Waals surface area contributed by atoms with Gasteiger partial charge in [0.15, 0.2) is 0 Å². The van der Waals surface area contributed by atoms with E-state index in [9.17, 15) is 9.59 Å². The Morgan fingerprint density at radius 2 is 2.38 bits per heavy atom. The number of amides is 1. The lowest BCUT2D eigenvalue weighted by Crippen LogP contribution is -2.36. The molecule has 0 unspecified atom stereocenters. The number of rotatable bonds is 3. The van der Waals surface area contributed by atoms with Crippen LogP contribution in [0, 0.1) is 5.92 Å². The molecule has 1 saturated carbocycles. The molecule has 1 fully saturated rings. The van der Waals surface area contributed by atoms with Gasteiger partial charge in [0.2, 0.25) is 5.91 Å². The average molecular weight is 222 g/mol. The zero-order valence-electron chi connectivity index (χ0n) is 9.14. The normalized spacial score (nSPS) is 15.6. The van der Waals surface area contributed by atoms with E-state index >= 15 is 0 Å². The van der Waals surface area contributed by atoms with Crippen molar-refractivity contribution in [2.75, 3.05) is 0 Å². The molecule has 2 rings (SSSR count). The van der Waals surface area contributed by atoms with Crippen molar-refractivity contribution in [3.63, 3.8) is 0 Å². The van der Waals surface area contributed by atoms with Crippen LogP contribution < -0.4 is 10.9 Å².